The van der Waals surface area contributed by atoms with Crippen molar-refractivity contribution in [1.82, 2.24) is 5.32 Å². The van der Waals surface area contributed by atoms with E-state index in [2.05, 4.69) is 5.32 Å². The Kier molecular flexibility index (Phi) is 4.53. The fourth-order valence-electron chi connectivity index (χ4n) is 2.00. The highest BCUT2D eigenvalue weighted by Gasteiger charge is 2.02. The van der Waals surface area contributed by atoms with E-state index in [1.54, 1.807) is 18.2 Å². The molecule has 0 spiro atoms. The zero-order chi connectivity index (χ0) is 13.7. The highest BCUT2D eigenvalue weighted by molar-refractivity contribution is 5.35. The molecular formula is C16H18FNO. The van der Waals surface area contributed by atoms with Crippen molar-refractivity contribution in [2.45, 2.75) is 19.9 Å². The number of aromatic hydroxyl groups is 1. The van der Waals surface area contributed by atoms with Crippen LogP contribution in [0.15, 0.2) is 42.5 Å². The van der Waals surface area contributed by atoms with Crippen molar-refractivity contribution in [1.29, 1.82) is 0 Å². The Morgan fingerprint density at radius 1 is 1.11 bits per heavy atom. The number of aryl methyl sites for hydroxylation is 1. The van der Waals surface area contributed by atoms with Crippen LogP contribution >= 0.6 is 0 Å². The number of halogens is 1. The van der Waals surface area contributed by atoms with Gasteiger partial charge in [0.15, 0.2) is 0 Å². The Bertz CT molecular complexity index is 554. The molecule has 2 aromatic rings. The molecule has 0 aliphatic heterocycles. The van der Waals surface area contributed by atoms with Gasteiger partial charge in [0.2, 0.25) is 0 Å². The average Bonchev–Trinajstić information content (AvgIpc) is 2.40. The molecule has 0 unspecified atom stereocenters. The summed E-state index contributed by atoms with van der Waals surface area (Å²) in [6.45, 7) is 3.25. The third-order valence-corrected chi connectivity index (χ3v) is 3.08. The summed E-state index contributed by atoms with van der Waals surface area (Å²) in [7, 11) is 0. The Labute approximate surface area is 112 Å². The highest BCUT2D eigenvalue weighted by atomic mass is 19.1. The first-order valence-electron chi connectivity index (χ1n) is 6.39. The molecule has 2 rings (SSSR count). The summed E-state index contributed by atoms with van der Waals surface area (Å²) in [5.41, 5.74) is 2.70. The molecule has 0 heterocycles. The van der Waals surface area contributed by atoms with E-state index >= 15 is 0 Å². The van der Waals surface area contributed by atoms with Gasteiger partial charge in [-0.15, -0.1) is 0 Å². The van der Waals surface area contributed by atoms with Gasteiger partial charge in [-0.05, 0) is 37.6 Å². The van der Waals surface area contributed by atoms with Crippen molar-refractivity contribution in [3.8, 4) is 5.75 Å². The quantitative estimate of drug-likeness (QED) is 0.808. The summed E-state index contributed by atoms with van der Waals surface area (Å²) in [5.74, 6) is 0.131. The van der Waals surface area contributed by atoms with Crippen molar-refractivity contribution in [3.05, 3.63) is 65.0 Å². The van der Waals surface area contributed by atoms with Gasteiger partial charge in [0.05, 0.1) is 0 Å². The van der Waals surface area contributed by atoms with Crippen LogP contribution in [0.4, 0.5) is 4.39 Å². The summed E-state index contributed by atoms with van der Waals surface area (Å²) < 4.78 is 13.4. The molecule has 19 heavy (non-hydrogen) atoms. The van der Waals surface area contributed by atoms with E-state index < -0.39 is 0 Å². The monoisotopic (exact) mass is 259 g/mol. The number of hydrogen-bond acceptors (Lipinski definition) is 2. The molecule has 0 radical (unpaired) electrons. The van der Waals surface area contributed by atoms with E-state index in [0.717, 1.165) is 11.1 Å². The molecule has 0 bridgehead atoms. The van der Waals surface area contributed by atoms with Crippen molar-refractivity contribution in [2.24, 2.45) is 0 Å². The number of phenols is 1. The van der Waals surface area contributed by atoms with Crippen molar-refractivity contribution in [2.75, 3.05) is 6.54 Å². The average molecular weight is 259 g/mol. The van der Waals surface area contributed by atoms with E-state index in [4.69, 9.17) is 0 Å². The van der Waals surface area contributed by atoms with Crippen LogP contribution in [0.5, 0.6) is 5.75 Å². The topological polar surface area (TPSA) is 32.3 Å². The number of phenolic OH excluding ortho intramolecular Hbond substituents is 1. The molecule has 0 aliphatic carbocycles. The number of rotatable bonds is 5. The highest BCUT2D eigenvalue weighted by Crippen LogP contribution is 2.17. The van der Waals surface area contributed by atoms with Crippen LogP contribution < -0.4 is 5.32 Å². The Hall–Kier alpha value is -1.87. The van der Waals surface area contributed by atoms with E-state index in [1.807, 2.05) is 25.1 Å². The minimum Gasteiger partial charge on any atom is -0.508 e. The van der Waals surface area contributed by atoms with Crippen LogP contribution in [0.2, 0.25) is 0 Å². The summed E-state index contributed by atoms with van der Waals surface area (Å²) in [6, 6.07) is 12.3. The third kappa shape index (κ3) is 3.80. The summed E-state index contributed by atoms with van der Waals surface area (Å²) in [4.78, 5) is 0. The third-order valence-electron chi connectivity index (χ3n) is 3.08. The normalized spacial score (nSPS) is 10.6. The lowest BCUT2D eigenvalue weighted by Gasteiger charge is -2.08. The van der Waals surface area contributed by atoms with Gasteiger partial charge in [0, 0.05) is 12.1 Å². The smallest absolute Gasteiger partial charge is 0.126 e. The lowest BCUT2D eigenvalue weighted by atomic mass is 10.1. The maximum absolute atomic E-state index is 13.4. The van der Waals surface area contributed by atoms with Crippen molar-refractivity contribution in [3.63, 3.8) is 0 Å². The van der Waals surface area contributed by atoms with E-state index in [1.165, 1.54) is 6.07 Å². The van der Waals surface area contributed by atoms with Crippen molar-refractivity contribution >= 4 is 0 Å². The van der Waals surface area contributed by atoms with E-state index in [0.29, 0.717) is 30.8 Å². The second-order valence-electron chi connectivity index (χ2n) is 4.65. The van der Waals surface area contributed by atoms with Gasteiger partial charge in [-0.25, -0.2) is 4.39 Å². The Morgan fingerprint density at radius 2 is 1.89 bits per heavy atom. The van der Waals surface area contributed by atoms with Crippen LogP contribution in [-0.2, 0) is 13.0 Å². The molecule has 0 aromatic heterocycles. The molecule has 2 N–H and O–H groups in total. The molecule has 0 saturated heterocycles. The lowest BCUT2D eigenvalue weighted by molar-refractivity contribution is 0.464. The Balaban J connectivity index is 1.84. The zero-order valence-electron chi connectivity index (χ0n) is 11.0. The van der Waals surface area contributed by atoms with E-state index in [9.17, 15) is 9.50 Å². The zero-order valence-corrected chi connectivity index (χ0v) is 11.0. The van der Waals surface area contributed by atoms with Gasteiger partial charge in [0.25, 0.3) is 0 Å². The molecule has 2 nitrogen and oxygen atoms in total. The predicted octanol–water partition coefficient (Wildman–Crippen LogP) is 3.17. The van der Waals surface area contributed by atoms with Gasteiger partial charge in [-0.3, -0.25) is 0 Å². The second kappa shape index (κ2) is 6.34. The molecule has 0 fully saturated rings. The standard InChI is InChI=1S/C16H18FNO/c1-12-6-7-16(19)14(10-12)11-18-9-8-13-4-2-3-5-15(13)17/h2-7,10,18-19H,8-9,11H2,1H3. The predicted molar refractivity (Wildman–Crippen MR) is 74.7 cm³/mol. The fourth-order valence-corrected chi connectivity index (χ4v) is 2.00. The largest absolute Gasteiger partial charge is 0.508 e. The first-order valence-corrected chi connectivity index (χ1v) is 6.39. The van der Waals surface area contributed by atoms with Crippen LogP contribution in [0.25, 0.3) is 0 Å². The second-order valence-corrected chi connectivity index (χ2v) is 4.65. The minimum atomic E-state index is -0.164. The molecular weight excluding hydrogens is 241 g/mol. The van der Waals surface area contributed by atoms with Crippen LogP contribution in [0.3, 0.4) is 0 Å². The molecule has 0 amide bonds. The molecule has 2 aromatic carbocycles. The SMILES string of the molecule is Cc1ccc(O)c(CNCCc2ccccc2F)c1. The fraction of sp³-hybridized carbons (Fsp3) is 0.250. The van der Waals surface area contributed by atoms with Crippen molar-refractivity contribution < 1.29 is 9.50 Å². The van der Waals surface area contributed by atoms with Gasteiger partial charge < -0.3 is 10.4 Å². The lowest BCUT2D eigenvalue weighted by Crippen LogP contribution is -2.17. The van der Waals surface area contributed by atoms with Crippen LogP contribution in [0, 0.1) is 12.7 Å². The first-order chi connectivity index (χ1) is 9.16. The number of nitrogens with one attached hydrogen (secondary N) is 1. The maximum atomic E-state index is 13.4. The summed E-state index contributed by atoms with van der Waals surface area (Å²) in [5, 5.41) is 12.9. The van der Waals surface area contributed by atoms with Gasteiger partial charge in [0.1, 0.15) is 11.6 Å². The molecule has 0 atom stereocenters. The first kappa shape index (κ1) is 13.6. The van der Waals surface area contributed by atoms with E-state index in [-0.39, 0.29) is 5.82 Å². The van der Waals surface area contributed by atoms with Gasteiger partial charge in [-0.2, -0.15) is 0 Å². The van der Waals surface area contributed by atoms with Crippen LogP contribution in [-0.4, -0.2) is 11.7 Å². The minimum absolute atomic E-state index is 0.164. The number of benzene rings is 2. The van der Waals surface area contributed by atoms with Gasteiger partial charge in [-0.1, -0.05) is 35.9 Å². The summed E-state index contributed by atoms with van der Waals surface area (Å²) >= 11 is 0. The van der Waals surface area contributed by atoms with Gasteiger partial charge >= 0.3 is 0 Å². The molecule has 0 saturated carbocycles. The molecule has 100 valence electrons. The Morgan fingerprint density at radius 3 is 2.68 bits per heavy atom. The maximum Gasteiger partial charge on any atom is 0.126 e. The number of hydrogen-bond donors (Lipinski definition) is 2. The molecule has 3 heteroatoms. The molecule has 0 aliphatic rings. The van der Waals surface area contributed by atoms with Crippen LogP contribution in [0.1, 0.15) is 16.7 Å². The summed E-state index contributed by atoms with van der Waals surface area (Å²) in [6.07, 6.45) is 0.638.